The molecule has 6 nitrogen and oxygen atoms in total. The summed E-state index contributed by atoms with van der Waals surface area (Å²) in [7, 11) is 0. The van der Waals surface area contributed by atoms with Crippen LogP contribution in [0.1, 0.15) is 45.4 Å². The molecule has 0 saturated carbocycles. The molecule has 2 aliphatic rings. The van der Waals surface area contributed by atoms with E-state index in [1.165, 1.54) is 4.90 Å². The number of fused-ring (bicyclic) bond motifs is 1. The third-order valence-corrected chi connectivity index (χ3v) is 6.15. The molecule has 2 amide bonds. The summed E-state index contributed by atoms with van der Waals surface area (Å²) in [4.78, 5) is 37.8. The number of carboxylic acids is 1. The van der Waals surface area contributed by atoms with E-state index < -0.39 is 23.3 Å². The van der Waals surface area contributed by atoms with Gasteiger partial charge in [0.05, 0.1) is 10.6 Å². The molecular formula is C15H24N2O4S2. The Balaban J connectivity index is 2.03. The lowest BCUT2D eigenvalue weighted by Gasteiger charge is -2.28. The van der Waals surface area contributed by atoms with Gasteiger partial charge in [-0.25, -0.2) is 4.79 Å². The van der Waals surface area contributed by atoms with E-state index in [1.807, 2.05) is 6.92 Å². The molecule has 2 N–H and O–H groups in total. The molecule has 0 radical (unpaired) electrons. The van der Waals surface area contributed by atoms with Crippen LogP contribution in [0.5, 0.6) is 0 Å². The van der Waals surface area contributed by atoms with Gasteiger partial charge in [-0.1, -0.05) is 19.8 Å². The summed E-state index contributed by atoms with van der Waals surface area (Å²) >= 11 is 5.91. The summed E-state index contributed by atoms with van der Waals surface area (Å²) in [6.07, 6.45) is 4.27. The molecule has 2 fully saturated rings. The zero-order valence-corrected chi connectivity index (χ0v) is 14.9. The molecule has 4 atom stereocenters. The summed E-state index contributed by atoms with van der Waals surface area (Å²) in [5.74, 6) is -0.747. The number of unbranched alkanes of at least 4 members (excludes halogenated alkanes) is 1. The number of thiol groups is 1. The Morgan fingerprint density at radius 1 is 1.43 bits per heavy atom. The SMILES string of the molecule is CCCCC(S)C(=O)N[C@H]1CCS[C@H]2CC[C@@H](C(=O)O)N2C1=O. The largest absolute Gasteiger partial charge is 0.480 e. The number of hydrogen-bond acceptors (Lipinski definition) is 5. The zero-order valence-electron chi connectivity index (χ0n) is 13.2. The maximum absolute atomic E-state index is 12.7. The van der Waals surface area contributed by atoms with Crippen LogP contribution in [0.4, 0.5) is 0 Å². The molecule has 0 aromatic heterocycles. The minimum absolute atomic E-state index is 0.0857. The predicted molar refractivity (Wildman–Crippen MR) is 92.6 cm³/mol. The zero-order chi connectivity index (χ0) is 17.0. The van der Waals surface area contributed by atoms with Crippen molar-refractivity contribution in [3.8, 4) is 0 Å². The number of amides is 2. The van der Waals surface area contributed by atoms with Crippen LogP contribution in [-0.2, 0) is 14.4 Å². The molecule has 0 spiro atoms. The van der Waals surface area contributed by atoms with Gasteiger partial charge in [-0.2, -0.15) is 12.6 Å². The first-order valence-electron chi connectivity index (χ1n) is 8.10. The van der Waals surface area contributed by atoms with Crippen LogP contribution in [0.25, 0.3) is 0 Å². The Hall–Kier alpha value is -0.890. The number of thioether (sulfide) groups is 1. The van der Waals surface area contributed by atoms with Crippen molar-refractivity contribution in [2.24, 2.45) is 0 Å². The highest BCUT2D eigenvalue weighted by molar-refractivity contribution is 7.99. The Morgan fingerprint density at radius 3 is 2.83 bits per heavy atom. The van der Waals surface area contributed by atoms with Gasteiger partial charge < -0.3 is 15.3 Å². The molecule has 8 heteroatoms. The third-order valence-electron chi connectivity index (χ3n) is 4.34. The Kier molecular flexibility index (Phi) is 6.64. The predicted octanol–water partition coefficient (Wildman–Crippen LogP) is 1.50. The number of carbonyl (C=O) groups excluding carboxylic acids is 2. The molecule has 1 unspecified atom stereocenters. The molecule has 2 aliphatic heterocycles. The average molecular weight is 361 g/mol. The summed E-state index contributed by atoms with van der Waals surface area (Å²) in [5.41, 5.74) is 0. The molecule has 0 bridgehead atoms. The van der Waals surface area contributed by atoms with Crippen LogP contribution in [0.3, 0.4) is 0 Å². The summed E-state index contributed by atoms with van der Waals surface area (Å²) < 4.78 is 0. The highest BCUT2D eigenvalue weighted by Gasteiger charge is 2.45. The van der Waals surface area contributed by atoms with Crippen LogP contribution in [0.2, 0.25) is 0 Å². The van der Waals surface area contributed by atoms with E-state index in [9.17, 15) is 19.5 Å². The third kappa shape index (κ3) is 4.35. The number of carbonyl (C=O) groups is 3. The van der Waals surface area contributed by atoms with Gasteiger partial charge in [0.25, 0.3) is 0 Å². The van der Waals surface area contributed by atoms with E-state index in [4.69, 9.17) is 0 Å². The van der Waals surface area contributed by atoms with Gasteiger partial charge >= 0.3 is 5.97 Å². The summed E-state index contributed by atoms with van der Waals surface area (Å²) in [6.45, 7) is 2.05. The van der Waals surface area contributed by atoms with Crippen LogP contribution < -0.4 is 5.32 Å². The first kappa shape index (κ1) is 18.4. The molecule has 23 heavy (non-hydrogen) atoms. The molecular weight excluding hydrogens is 336 g/mol. The van der Waals surface area contributed by atoms with E-state index in [0.717, 1.165) is 18.6 Å². The molecule has 2 heterocycles. The van der Waals surface area contributed by atoms with Crippen molar-refractivity contribution in [1.29, 1.82) is 0 Å². The topological polar surface area (TPSA) is 86.7 Å². The first-order chi connectivity index (χ1) is 11.0. The van der Waals surface area contributed by atoms with Crippen molar-refractivity contribution in [3.63, 3.8) is 0 Å². The second-order valence-electron chi connectivity index (χ2n) is 6.01. The molecule has 0 aromatic carbocycles. The van der Waals surface area contributed by atoms with Crippen molar-refractivity contribution in [3.05, 3.63) is 0 Å². The number of hydrogen-bond donors (Lipinski definition) is 3. The van der Waals surface area contributed by atoms with Crippen molar-refractivity contribution in [1.82, 2.24) is 10.2 Å². The number of rotatable bonds is 6. The van der Waals surface area contributed by atoms with Gasteiger partial charge in [0, 0.05) is 0 Å². The quantitative estimate of drug-likeness (QED) is 0.625. The second-order valence-corrected chi connectivity index (χ2v) is 7.92. The molecule has 2 rings (SSSR count). The fourth-order valence-corrected chi connectivity index (χ4v) is 4.65. The minimum atomic E-state index is -0.969. The van der Waals surface area contributed by atoms with E-state index in [2.05, 4.69) is 17.9 Å². The smallest absolute Gasteiger partial charge is 0.326 e. The molecule has 0 aliphatic carbocycles. The Labute approximate surface area is 146 Å². The van der Waals surface area contributed by atoms with Crippen LogP contribution >= 0.6 is 24.4 Å². The number of nitrogens with one attached hydrogen (secondary N) is 1. The first-order valence-corrected chi connectivity index (χ1v) is 9.67. The fourth-order valence-electron chi connectivity index (χ4n) is 3.04. The van der Waals surface area contributed by atoms with E-state index >= 15 is 0 Å². The molecule has 2 saturated heterocycles. The van der Waals surface area contributed by atoms with Crippen LogP contribution in [-0.4, -0.2) is 56.3 Å². The van der Waals surface area contributed by atoms with Crippen LogP contribution in [0, 0.1) is 0 Å². The molecule has 130 valence electrons. The second kappa shape index (κ2) is 8.28. The van der Waals surface area contributed by atoms with E-state index in [-0.39, 0.29) is 17.2 Å². The standard InChI is InChI=1S/C15H24N2O4S2/c1-2-3-4-11(22)13(18)16-9-7-8-23-12-6-5-10(15(20)21)17(12)14(9)19/h9-12,22H,2-8H2,1H3,(H,16,18)(H,20,21)/t9-,10-,11?,12-/m0/s1. The van der Waals surface area contributed by atoms with Gasteiger partial charge in [-0.3, -0.25) is 9.59 Å². The lowest BCUT2D eigenvalue weighted by atomic mass is 10.1. The monoisotopic (exact) mass is 360 g/mol. The number of aliphatic carboxylic acids is 1. The van der Waals surface area contributed by atoms with Gasteiger partial charge in [0.1, 0.15) is 12.1 Å². The Morgan fingerprint density at radius 2 is 2.17 bits per heavy atom. The minimum Gasteiger partial charge on any atom is -0.480 e. The van der Waals surface area contributed by atoms with Gasteiger partial charge in [-0.05, 0) is 31.4 Å². The van der Waals surface area contributed by atoms with Crippen molar-refractivity contribution in [2.75, 3.05) is 5.75 Å². The normalized spacial score (nSPS) is 28.9. The van der Waals surface area contributed by atoms with E-state index in [0.29, 0.717) is 25.7 Å². The van der Waals surface area contributed by atoms with Crippen LogP contribution in [0.15, 0.2) is 0 Å². The highest BCUT2D eigenvalue weighted by atomic mass is 32.2. The van der Waals surface area contributed by atoms with E-state index in [1.54, 1.807) is 11.8 Å². The lowest BCUT2D eigenvalue weighted by molar-refractivity contribution is -0.149. The molecule has 0 aromatic rings. The van der Waals surface area contributed by atoms with Crippen molar-refractivity contribution >= 4 is 42.2 Å². The summed E-state index contributed by atoms with van der Waals surface area (Å²) in [5, 5.41) is 11.6. The van der Waals surface area contributed by atoms with Gasteiger partial charge in [0.2, 0.25) is 11.8 Å². The maximum atomic E-state index is 12.7. The highest BCUT2D eigenvalue weighted by Crippen LogP contribution is 2.35. The average Bonchev–Trinajstić information content (AvgIpc) is 2.88. The summed E-state index contributed by atoms with van der Waals surface area (Å²) in [6, 6.07) is -1.42. The van der Waals surface area contributed by atoms with Gasteiger partial charge in [-0.15, -0.1) is 11.8 Å². The lowest BCUT2D eigenvalue weighted by Crippen LogP contribution is -2.53. The fraction of sp³-hybridized carbons (Fsp3) is 0.800. The van der Waals surface area contributed by atoms with Crippen molar-refractivity contribution < 1.29 is 19.5 Å². The van der Waals surface area contributed by atoms with Crippen molar-refractivity contribution in [2.45, 2.75) is 68.2 Å². The Bertz CT molecular complexity index is 474. The maximum Gasteiger partial charge on any atom is 0.326 e. The number of carboxylic acid groups (broad SMARTS) is 1. The number of nitrogens with zero attached hydrogens (tertiary/aromatic N) is 1. The van der Waals surface area contributed by atoms with Gasteiger partial charge in [0.15, 0.2) is 0 Å².